The van der Waals surface area contributed by atoms with E-state index in [-0.39, 0.29) is 55.1 Å². The van der Waals surface area contributed by atoms with Gasteiger partial charge in [0.25, 0.3) is 5.69 Å². The number of hydrogen-bond acceptors (Lipinski definition) is 11. The van der Waals surface area contributed by atoms with Crippen molar-refractivity contribution in [3.8, 4) is 11.8 Å². The minimum atomic E-state index is -4.19. The lowest BCUT2D eigenvalue weighted by Gasteiger charge is -2.31. The van der Waals surface area contributed by atoms with Gasteiger partial charge in [0.05, 0.1) is 52.7 Å². The van der Waals surface area contributed by atoms with Crippen molar-refractivity contribution < 1.29 is 42.2 Å². The van der Waals surface area contributed by atoms with Gasteiger partial charge in [-0.05, 0) is 66.3 Å². The molecule has 15 heteroatoms. The molecule has 266 valence electrons. The van der Waals surface area contributed by atoms with Gasteiger partial charge in [-0.1, -0.05) is 38.1 Å². The number of nitrogens with zero attached hydrogens (tertiary/aromatic N) is 3. The molecule has 3 aromatic rings. The van der Waals surface area contributed by atoms with E-state index in [1.54, 1.807) is 42.5 Å². The summed E-state index contributed by atoms with van der Waals surface area (Å²) in [6, 6.07) is 19.8. The molecular formula is C35H40N4O10S. The summed E-state index contributed by atoms with van der Waals surface area (Å²) in [7, 11) is -4.19. The summed E-state index contributed by atoms with van der Waals surface area (Å²) >= 11 is 0. The minimum absolute atomic E-state index is 0.0410. The molecule has 5 atom stereocenters. The molecule has 0 aliphatic carbocycles. The Morgan fingerprint density at radius 1 is 1.10 bits per heavy atom. The van der Waals surface area contributed by atoms with Gasteiger partial charge in [0.2, 0.25) is 10.0 Å². The number of carbonyl (C=O) groups excluding carboxylic acids is 1. The molecule has 5 rings (SSSR count). The lowest BCUT2D eigenvalue weighted by atomic mass is 10.0. The van der Waals surface area contributed by atoms with Gasteiger partial charge in [-0.2, -0.15) is 9.57 Å². The number of carbonyl (C=O) groups is 1. The largest absolute Gasteiger partial charge is 0.489 e. The summed E-state index contributed by atoms with van der Waals surface area (Å²) in [5.74, 6) is 0.324. The summed E-state index contributed by atoms with van der Waals surface area (Å²) in [6.45, 7) is 4.23. The number of hydrogen-bond donors (Lipinski definition) is 2. The zero-order valence-corrected chi connectivity index (χ0v) is 28.5. The van der Waals surface area contributed by atoms with Crippen molar-refractivity contribution in [3.05, 3.63) is 99.6 Å². The number of non-ortho nitro benzene ring substituents is 1. The average molecular weight is 709 g/mol. The number of alkyl carbamates (subject to hydrolysis) is 1. The van der Waals surface area contributed by atoms with E-state index in [4.69, 9.17) is 24.2 Å². The first-order valence-electron chi connectivity index (χ1n) is 16.3. The molecule has 2 aliphatic rings. The second-order valence-electron chi connectivity index (χ2n) is 12.7. The molecule has 4 unspecified atom stereocenters. The molecule has 1 amide bonds. The molecule has 2 N–H and O–H groups in total. The fourth-order valence-corrected chi connectivity index (χ4v) is 7.55. The Labute approximate surface area is 290 Å². The predicted molar refractivity (Wildman–Crippen MR) is 179 cm³/mol. The van der Waals surface area contributed by atoms with E-state index in [1.807, 2.05) is 19.9 Å². The number of amides is 1. The highest BCUT2D eigenvalue weighted by Gasteiger charge is 2.44. The van der Waals surface area contributed by atoms with Crippen LogP contribution in [0, 0.1) is 33.3 Å². The summed E-state index contributed by atoms with van der Waals surface area (Å²) in [6.07, 6.45) is -2.35. The maximum absolute atomic E-state index is 13.7. The summed E-state index contributed by atoms with van der Waals surface area (Å²) < 4.78 is 51.3. The maximum atomic E-state index is 13.7. The molecule has 2 heterocycles. The third kappa shape index (κ3) is 9.34. The first-order valence-corrected chi connectivity index (χ1v) is 17.7. The van der Waals surface area contributed by atoms with Crippen molar-refractivity contribution in [2.24, 2.45) is 11.8 Å². The quantitative estimate of drug-likeness (QED) is 0.170. The Kier molecular flexibility index (Phi) is 12.0. The second-order valence-corrected chi connectivity index (χ2v) is 14.6. The van der Waals surface area contributed by atoms with Crippen LogP contribution >= 0.6 is 0 Å². The first kappa shape index (κ1) is 36.7. The molecule has 0 aromatic heterocycles. The van der Waals surface area contributed by atoms with Crippen molar-refractivity contribution in [3.63, 3.8) is 0 Å². The van der Waals surface area contributed by atoms with Gasteiger partial charge in [0.1, 0.15) is 18.5 Å². The van der Waals surface area contributed by atoms with Gasteiger partial charge in [-0.3, -0.25) is 10.1 Å². The zero-order valence-electron chi connectivity index (χ0n) is 27.7. The van der Waals surface area contributed by atoms with Crippen LogP contribution in [0.3, 0.4) is 0 Å². The van der Waals surface area contributed by atoms with E-state index in [1.165, 1.54) is 0 Å². The maximum Gasteiger partial charge on any atom is 0.407 e. The Hall–Kier alpha value is -4.59. The van der Waals surface area contributed by atoms with Crippen LogP contribution in [-0.4, -0.2) is 79.7 Å². The molecule has 0 spiro atoms. The highest BCUT2D eigenvalue weighted by Crippen LogP contribution is 2.33. The molecule has 3 aromatic carbocycles. The number of nitriles is 1. The van der Waals surface area contributed by atoms with Crippen LogP contribution in [0.4, 0.5) is 10.5 Å². The van der Waals surface area contributed by atoms with Crippen LogP contribution in [0.1, 0.15) is 37.0 Å². The number of nitrogens with one attached hydrogen (secondary N) is 1. The van der Waals surface area contributed by atoms with Crippen LogP contribution in [-0.2, 0) is 37.3 Å². The lowest BCUT2D eigenvalue weighted by Crippen LogP contribution is -2.51. The molecular weight excluding hydrogens is 668 g/mol. The summed E-state index contributed by atoms with van der Waals surface area (Å²) in [5, 5.41) is 34.6. The monoisotopic (exact) mass is 708 g/mol. The van der Waals surface area contributed by atoms with Crippen LogP contribution in [0.25, 0.3) is 0 Å². The normalized spacial score (nSPS) is 19.8. The Morgan fingerprint density at radius 2 is 1.84 bits per heavy atom. The Bertz CT molecular complexity index is 1780. The van der Waals surface area contributed by atoms with Crippen molar-refractivity contribution in [2.45, 2.75) is 62.7 Å². The van der Waals surface area contributed by atoms with Crippen LogP contribution in [0.2, 0.25) is 0 Å². The van der Waals surface area contributed by atoms with E-state index in [0.717, 1.165) is 39.7 Å². The molecule has 50 heavy (non-hydrogen) atoms. The van der Waals surface area contributed by atoms with Crippen LogP contribution in [0.15, 0.2) is 77.7 Å². The van der Waals surface area contributed by atoms with Crippen molar-refractivity contribution >= 4 is 21.8 Å². The number of ether oxygens (including phenoxy) is 4. The van der Waals surface area contributed by atoms with Crippen LogP contribution < -0.4 is 10.1 Å². The third-order valence-electron chi connectivity index (χ3n) is 8.50. The van der Waals surface area contributed by atoms with Gasteiger partial charge in [0.15, 0.2) is 6.29 Å². The van der Waals surface area contributed by atoms with Crippen LogP contribution in [0.5, 0.6) is 5.75 Å². The van der Waals surface area contributed by atoms with E-state index in [9.17, 15) is 28.4 Å². The number of fused-ring (bicyclic) bond motifs is 1. The van der Waals surface area contributed by atoms with Crippen molar-refractivity contribution in [2.75, 3.05) is 26.3 Å². The number of nitro groups is 1. The van der Waals surface area contributed by atoms with Crippen molar-refractivity contribution in [1.29, 1.82) is 5.26 Å². The van der Waals surface area contributed by atoms with E-state index < -0.39 is 45.6 Å². The van der Waals surface area contributed by atoms with Gasteiger partial charge >= 0.3 is 6.09 Å². The summed E-state index contributed by atoms with van der Waals surface area (Å²) in [5.41, 5.74) is 1.82. The Balaban J connectivity index is 1.32. The molecule has 0 bridgehead atoms. The predicted octanol–water partition coefficient (Wildman–Crippen LogP) is 4.15. The number of sulfonamides is 1. The van der Waals surface area contributed by atoms with Gasteiger partial charge in [-0.25, -0.2) is 13.2 Å². The summed E-state index contributed by atoms with van der Waals surface area (Å²) in [4.78, 5) is 23.6. The Morgan fingerprint density at radius 3 is 2.52 bits per heavy atom. The highest BCUT2D eigenvalue weighted by atomic mass is 32.2. The van der Waals surface area contributed by atoms with Crippen molar-refractivity contribution in [1.82, 2.24) is 9.62 Å². The number of nitro benzene ring substituents is 1. The minimum Gasteiger partial charge on any atom is -0.489 e. The molecule has 2 saturated heterocycles. The van der Waals surface area contributed by atoms with Gasteiger partial charge < -0.3 is 29.4 Å². The second kappa shape index (κ2) is 16.4. The third-order valence-corrected chi connectivity index (χ3v) is 10.3. The average Bonchev–Trinajstić information content (AvgIpc) is 3.72. The van der Waals surface area contributed by atoms with Gasteiger partial charge in [0, 0.05) is 25.2 Å². The lowest BCUT2D eigenvalue weighted by molar-refractivity contribution is -0.384. The molecule has 2 aliphatic heterocycles. The first-order chi connectivity index (χ1) is 23.9. The SMILES string of the molecule is CC(C)CN(CC(O)C(Cc1ccc(OCc2cccc(C#N)c2)cc1)NC(=O)O[C@@H]1COC2OCCC21)S(=O)(=O)c1ccc([N+](=O)[O-])cc1. The fourth-order valence-electron chi connectivity index (χ4n) is 5.93. The molecule has 14 nitrogen and oxygen atoms in total. The smallest absolute Gasteiger partial charge is 0.407 e. The topological polar surface area (TPSA) is 191 Å². The number of aliphatic hydroxyl groups excluding tert-OH is 1. The zero-order chi connectivity index (χ0) is 35.8. The number of benzene rings is 3. The fraction of sp³-hybridized carbons (Fsp3) is 0.429. The molecule has 2 fully saturated rings. The number of aliphatic hydroxyl groups is 1. The van der Waals surface area contributed by atoms with E-state index >= 15 is 0 Å². The van der Waals surface area contributed by atoms with E-state index in [0.29, 0.717) is 24.3 Å². The standard InChI is InChI=1S/C35H40N4O10S/c1-23(2)19-38(50(44,45)29-12-8-27(9-13-29)39(42)43)20-32(40)31(37-35(41)49-33-22-48-34-30(33)14-15-46-34)17-24-6-10-28(11-7-24)47-21-26-5-3-4-25(16-26)18-36/h3-13,16,23,30-34,40H,14-15,17,19-22H2,1-2H3,(H,37,41)/t30?,31?,32?,33-,34?/m1/s1. The highest BCUT2D eigenvalue weighted by molar-refractivity contribution is 7.89. The number of rotatable bonds is 15. The molecule has 0 radical (unpaired) electrons. The molecule has 0 saturated carbocycles. The van der Waals surface area contributed by atoms with E-state index in [2.05, 4.69) is 11.4 Å². The van der Waals surface area contributed by atoms with Gasteiger partial charge in [-0.15, -0.1) is 0 Å².